The number of nitrogens with one attached hydrogen (secondary N) is 1. The molecule has 40 heavy (non-hydrogen) atoms. The van der Waals surface area contributed by atoms with E-state index in [1.165, 1.54) is 17.8 Å². The number of ether oxygens (including phenoxy) is 3. The zero-order valence-electron chi connectivity index (χ0n) is 24.4. The number of esters is 1. The van der Waals surface area contributed by atoms with Crippen LogP contribution in [0.15, 0.2) is 38.5 Å². The Bertz CT molecular complexity index is 1360. The highest BCUT2D eigenvalue weighted by Crippen LogP contribution is 2.49. The molecule has 11 heteroatoms. The Kier molecular flexibility index (Phi) is 9.28. The second-order valence-corrected chi connectivity index (χ2v) is 13.0. The molecule has 2 aromatic rings. The van der Waals surface area contributed by atoms with Gasteiger partial charge in [0.2, 0.25) is 5.91 Å². The molecule has 0 saturated heterocycles. The van der Waals surface area contributed by atoms with Crippen LogP contribution in [0.25, 0.3) is 0 Å². The lowest BCUT2D eigenvalue weighted by molar-refractivity contribution is -0.158. The average Bonchev–Trinajstić information content (AvgIpc) is 2.97. The number of hydrogen-bond acceptors (Lipinski definition) is 10. The molecule has 0 aliphatic carbocycles. The Morgan fingerprint density at radius 3 is 2.45 bits per heavy atom. The van der Waals surface area contributed by atoms with Crippen molar-refractivity contribution < 1.29 is 33.3 Å². The Morgan fingerprint density at radius 2 is 1.88 bits per heavy atom. The van der Waals surface area contributed by atoms with Gasteiger partial charge in [-0.2, -0.15) is 0 Å². The fourth-order valence-electron chi connectivity index (χ4n) is 4.41. The topological polar surface area (TPSA) is 137 Å². The molecule has 0 saturated carbocycles. The number of rotatable bonds is 7. The van der Waals surface area contributed by atoms with E-state index in [1.807, 2.05) is 19.9 Å². The first-order chi connectivity index (χ1) is 18.6. The molecule has 1 aromatic carbocycles. The third-order valence-electron chi connectivity index (χ3n) is 6.27. The number of aryl methyl sites for hydroxylation is 1. The van der Waals surface area contributed by atoms with E-state index < -0.39 is 39.9 Å². The number of aromatic hydroxyl groups is 1. The highest BCUT2D eigenvalue weighted by atomic mass is 32.2. The highest BCUT2D eigenvalue weighted by Gasteiger charge is 2.43. The van der Waals surface area contributed by atoms with E-state index in [0.29, 0.717) is 11.5 Å². The van der Waals surface area contributed by atoms with Crippen LogP contribution in [-0.4, -0.2) is 59.3 Å². The smallest absolute Gasteiger partial charge is 0.348 e. The minimum absolute atomic E-state index is 0.112. The first-order valence-corrected chi connectivity index (χ1v) is 13.8. The minimum atomic E-state index is -1.04. The minimum Gasteiger partial charge on any atom is -0.507 e. The number of nitrogens with zero attached hydrogens (tertiary/aromatic N) is 1. The van der Waals surface area contributed by atoms with Crippen molar-refractivity contribution in [2.45, 2.75) is 82.6 Å². The number of amides is 1. The van der Waals surface area contributed by atoms with Crippen molar-refractivity contribution in [3.63, 3.8) is 0 Å². The molecule has 3 unspecified atom stereocenters. The van der Waals surface area contributed by atoms with Gasteiger partial charge in [0.1, 0.15) is 46.3 Å². The van der Waals surface area contributed by atoms with Gasteiger partial charge < -0.3 is 29.1 Å². The molecule has 1 aliphatic heterocycles. The van der Waals surface area contributed by atoms with E-state index >= 15 is 0 Å². The van der Waals surface area contributed by atoms with Crippen LogP contribution in [-0.2, 0) is 14.3 Å². The van der Waals surface area contributed by atoms with E-state index in [4.69, 9.17) is 23.6 Å². The summed E-state index contributed by atoms with van der Waals surface area (Å²) in [5.41, 5.74) is -0.590. The molecular formula is C29H38N2O8S. The molecule has 2 heterocycles. The maximum atomic E-state index is 13.7. The first-order valence-electron chi connectivity index (χ1n) is 12.9. The summed E-state index contributed by atoms with van der Waals surface area (Å²) in [4.78, 5) is 43.9. The molecule has 0 fully saturated rings. The molecule has 3 atom stereocenters. The van der Waals surface area contributed by atoms with Crippen molar-refractivity contribution in [2.75, 3.05) is 14.2 Å². The van der Waals surface area contributed by atoms with Gasteiger partial charge in [0.25, 0.3) is 0 Å². The molecule has 2 N–H and O–H groups in total. The number of carbonyl (C=O) groups is 2. The summed E-state index contributed by atoms with van der Waals surface area (Å²) in [7, 11) is 3.11. The van der Waals surface area contributed by atoms with Gasteiger partial charge >= 0.3 is 11.6 Å². The number of carbonyl (C=O) groups excluding carboxylic acids is 2. The number of hydrogen-bond donors (Lipinski definition) is 2. The predicted molar refractivity (Wildman–Crippen MR) is 154 cm³/mol. The van der Waals surface area contributed by atoms with Gasteiger partial charge in [-0.1, -0.05) is 6.07 Å². The van der Waals surface area contributed by atoms with E-state index in [-0.39, 0.29) is 34.5 Å². The molecule has 1 aliphatic rings. The average molecular weight is 575 g/mol. The summed E-state index contributed by atoms with van der Waals surface area (Å²) < 4.78 is 20.9. The fourth-order valence-corrected chi connectivity index (χ4v) is 6.00. The normalized spacial score (nSPS) is 19.6. The largest absolute Gasteiger partial charge is 0.507 e. The van der Waals surface area contributed by atoms with Gasteiger partial charge in [0.05, 0.1) is 19.9 Å². The quantitative estimate of drug-likeness (QED) is 0.463. The summed E-state index contributed by atoms with van der Waals surface area (Å²) in [6, 6.07) is 4.79. The summed E-state index contributed by atoms with van der Waals surface area (Å²) in [5, 5.41) is 13.2. The maximum Gasteiger partial charge on any atom is 0.348 e. The van der Waals surface area contributed by atoms with E-state index in [1.54, 1.807) is 61.0 Å². The van der Waals surface area contributed by atoms with Crippen molar-refractivity contribution in [3.8, 4) is 17.2 Å². The number of aliphatic imine (C=N–C) groups is 1. The van der Waals surface area contributed by atoms with Crippen LogP contribution in [0, 0.1) is 6.92 Å². The van der Waals surface area contributed by atoms with Crippen molar-refractivity contribution >= 4 is 29.4 Å². The lowest BCUT2D eigenvalue weighted by atomic mass is 9.99. The van der Waals surface area contributed by atoms with E-state index in [0.717, 1.165) is 5.56 Å². The molecule has 0 spiro atoms. The van der Waals surface area contributed by atoms with E-state index in [2.05, 4.69) is 5.32 Å². The van der Waals surface area contributed by atoms with Crippen molar-refractivity contribution in [1.82, 2.24) is 5.32 Å². The highest BCUT2D eigenvalue weighted by molar-refractivity contribution is 8.01. The summed E-state index contributed by atoms with van der Waals surface area (Å²) in [5.74, 6) is 0.0163. The molecular weight excluding hydrogens is 536 g/mol. The van der Waals surface area contributed by atoms with Gasteiger partial charge in [0, 0.05) is 34.1 Å². The van der Waals surface area contributed by atoms with Gasteiger partial charge in [-0.3, -0.25) is 9.79 Å². The van der Waals surface area contributed by atoms with Crippen LogP contribution >= 0.6 is 11.8 Å². The molecule has 0 bridgehead atoms. The molecule has 1 aromatic heterocycles. The molecule has 218 valence electrons. The standard InChI is InChI=1S/C29H38N2O8S/c1-15-12-20(32)23(27(35)38-15)19-14-22(18-11-10-17(36-8)13-21(18)37-9)40-29(6,7)24(31-19)25(33)30-16(2)26(34)39-28(3,4)5/h10-13,16,22,24,32H,14H2,1-9H3,(H,30,33). The third kappa shape index (κ3) is 7.18. The van der Waals surface area contributed by atoms with Gasteiger partial charge in [0.15, 0.2) is 0 Å². The van der Waals surface area contributed by atoms with Crippen molar-refractivity contribution in [1.29, 1.82) is 0 Å². The first kappa shape index (κ1) is 31.1. The lowest BCUT2D eigenvalue weighted by Gasteiger charge is -2.32. The Hall–Kier alpha value is -3.47. The van der Waals surface area contributed by atoms with Crippen LogP contribution in [0.2, 0.25) is 0 Å². The summed E-state index contributed by atoms with van der Waals surface area (Å²) in [6.07, 6.45) is 0.184. The number of benzene rings is 1. The zero-order valence-corrected chi connectivity index (χ0v) is 25.2. The number of thioether (sulfide) groups is 1. The SMILES string of the molecule is COc1ccc(C2CC(c3c(O)cc(C)oc3=O)=NC(C(=O)NC(C)C(=O)OC(C)(C)C)C(C)(C)S2)c(OC)c1. The van der Waals surface area contributed by atoms with Crippen LogP contribution in [0.3, 0.4) is 0 Å². The summed E-state index contributed by atoms with van der Waals surface area (Å²) >= 11 is 1.47. The van der Waals surface area contributed by atoms with E-state index in [9.17, 15) is 19.5 Å². The molecule has 10 nitrogen and oxygen atoms in total. The van der Waals surface area contributed by atoms with Crippen molar-refractivity contribution in [2.24, 2.45) is 4.99 Å². The van der Waals surface area contributed by atoms with Crippen LogP contribution in [0.1, 0.15) is 70.1 Å². The number of methoxy groups -OCH3 is 2. The van der Waals surface area contributed by atoms with Gasteiger partial charge in [-0.05, 0) is 54.5 Å². The lowest BCUT2D eigenvalue weighted by Crippen LogP contribution is -2.50. The maximum absolute atomic E-state index is 13.7. The van der Waals surface area contributed by atoms with Gasteiger partial charge in [-0.25, -0.2) is 9.59 Å². The monoisotopic (exact) mass is 574 g/mol. The van der Waals surface area contributed by atoms with Gasteiger partial charge in [-0.15, -0.1) is 11.8 Å². The molecule has 0 radical (unpaired) electrons. The third-order valence-corrected chi connectivity index (χ3v) is 7.80. The van der Waals surface area contributed by atoms with Crippen LogP contribution in [0.4, 0.5) is 0 Å². The molecule has 3 rings (SSSR count). The molecule has 1 amide bonds. The summed E-state index contributed by atoms with van der Waals surface area (Å²) in [6.45, 7) is 12.1. The second-order valence-electron chi connectivity index (χ2n) is 11.2. The Labute approximate surface area is 238 Å². The van der Waals surface area contributed by atoms with Crippen molar-refractivity contribution in [3.05, 3.63) is 51.6 Å². The predicted octanol–water partition coefficient (Wildman–Crippen LogP) is 4.33. The van der Waals surface area contributed by atoms with Crippen LogP contribution < -0.4 is 20.4 Å². The Balaban J connectivity index is 2.11. The Morgan fingerprint density at radius 1 is 1.20 bits per heavy atom. The van der Waals surface area contributed by atoms with Crippen LogP contribution in [0.5, 0.6) is 17.2 Å². The zero-order chi connectivity index (χ0) is 30.0. The second kappa shape index (κ2) is 12.0. The fraction of sp³-hybridized carbons (Fsp3) is 0.517.